The fraction of sp³-hybridized carbons (Fsp3) is 0.174. The minimum Gasteiger partial charge on any atom is -0.384 e. The number of aryl methyl sites for hydroxylation is 3. The van der Waals surface area contributed by atoms with Crippen LogP contribution in [0.3, 0.4) is 0 Å². The predicted molar refractivity (Wildman–Crippen MR) is 129 cm³/mol. The molecule has 168 valence electrons. The highest BCUT2D eigenvalue weighted by Crippen LogP contribution is 2.35. The Labute approximate surface area is 186 Å². The molecule has 0 saturated heterocycles. The SMILES string of the molecule is C=CS(=O)(=O)Nc1ccc(Nc2c(C)cc(F)cc2C)c(-c2cc(NC)c(=O)n(C)c2)c1. The van der Waals surface area contributed by atoms with Gasteiger partial charge in [0.1, 0.15) is 11.5 Å². The molecule has 2 aromatic carbocycles. The summed E-state index contributed by atoms with van der Waals surface area (Å²) in [4.78, 5) is 12.3. The summed E-state index contributed by atoms with van der Waals surface area (Å²) in [6.07, 6.45) is 1.67. The number of anilines is 4. The van der Waals surface area contributed by atoms with Gasteiger partial charge in [0.2, 0.25) is 0 Å². The first-order valence-corrected chi connectivity index (χ1v) is 11.3. The molecule has 9 heteroatoms. The highest BCUT2D eigenvalue weighted by Gasteiger charge is 2.15. The lowest BCUT2D eigenvalue weighted by Crippen LogP contribution is -2.19. The smallest absolute Gasteiger partial charge is 0.273 e. The molecule has 0 atom stereocenters. The van der Waals surface area contributed by atoms with Gasteiger partial charge in [-0.3, -0.25) is 9.52 Å². The molecule has 1 aromatic heterocycles. The van der Waals surface area contributed by atoms with Crippen molar-refractivity contribution in [3.8, 4) is 11.1 Å². The summed E-state index contributed by atoms with van der Waals surface area (Å²) in [6, 6.07) is 9.57. The van der Waals surface area contributed by atoms with Crippen molar-refractivity contribution in [2.45, 2.75) is 13.8 Å². The van der Waals surface area contributed by atoms with Crippen LogP contribution in [0.1, 0.15) is 11.1 Å². The average Bonchev–Trinajstić information content (AvgIpc) is 2.73. The number of halogens is 1. The van der Waals surface area contributed by atoms with Gasteiger partial charge in [0.05, 0.1) is 0 Å². The molecule has 3 aromatic rings. The predicted octanol–water partition coefficient (Wildman–Crippen LogP) is 4.48. The minimum atomic E-state index is -3.70. The molecular weight excluding hydrogens is 431 g/mol. The van der Waals surface area contributed by atoms with Crippen molar-refractivity contribution in [1.82, 2.24) is 4.57 Å². The normalized spacial score (nSPS) is 11.2. The van der Waals surface area contributed by atoms with Crippen LogP contribution in [0.25, 0.3) is 11.1 Å². The van der Waals surface area contributed by atoms with Crippen LogP contribution < -0.4 is 20.9 Å². The topological polar surface area (TPSA) is 92.2 Å². The first kappa shape index (κ1) is 23.1. The number of nitrogens with zero attached hydrogens (tertiary/aromatic N) is 1. The maximum absolute atomic E-state index is 13.8. The quantitative estimate of drug-likeness (QED) is 0.488. The Balaban J connectivity index is 2.21. The van der Waals surface area contributed by atoms with E-state index in [0.717, 1.165) is 22.2 Å². The average molecular weight is 457 g/mol. The molecule has 0 aliphatic carbocycles. The third kappa shape index (κ3) is 4.83. The van der Waals surface area contributed by atoms with Gasteiger partial charge >= 0.3 is 0 Å². The highest BCUT2D eigenvalue weighted by atomic mass is 32.2. The van der Waals surface area contributed by atoms with E-state index in [1.54, 1.807) is 58.4 Å². The first-order valence-electron chi connectivity index (χ1n) is 9.76. The molecule has 1 heterocycles. The van der Waals surface area contributed by atoms with Crippen molar-refractivity contribution in [2.24, 2.45) is 7.05 Å². The van der Waals surface area contributed by atoms with E-state index in [1.807, 2.05) is 0 Å². The maximum Gasteiger partial charge on any atom is 0.273 e. The van der Waals surface area contributed by atoms with Gasteiger partial charge in [0, 0.05) is 53.9 Å². The van der Waals surface area contributed by atoms with Gasteiger partial charge in [0.15, 0.2) is 0 Å². The first-order chi connectivity index (χ1) is 15.0. The van der Waals surface area contributed by atoms with E-state index in [-0.39, 0.29) is 11.4 Å². The number of benzene rings is 2. The highest BCUT2D eigenvalue weighted by molar-refractivity contribution is 7.95. The number of sulfonamides is 1. The summed E-state index contributed by atoms with van der Waals surface area (Å²) < 4.78 is 41.6. The number of rotatable bonds is 7. The van der Waals surface area contributed by atoms with E-state index in [0.29, 0.717) is 28.2 Å². The van der Waals surface area contributed by atoms with Gasteiger partial charge in [-0.05, 0) is 61.4 Å². The lowest BCUT2D eigenvalue weighted by Gasteiger charge is -2.18. The molecule has 0 aliphatic heterocycles. The van der Waals surface area contributed by atoms with Crippen molar-refractivity contribution in [3.05, 3.63) is 81.9 Å². The Kier molecular flexibility index (Phi) is 6.40. The molecule has 0 bridgehead atoms. The standard InChI is InChI=1S/C23H25FN4O3S/c1-6-32(30,31)27-18-7-8-20(26-22-14(2)9-17(24)10-15(22)3)19(12-18)16-11-21(25-4)23(29)28(5)13-16/h6-13,25-27H,1H2,2-5H3. The summed E-state index contributed by atoms with van der Waals surface area (Å²) in [6.45, 7) is 6.92. The second-order valence-electron chi connectivity index (χ2n) is 7.42. The van der Waals surface area contributed by atoms with Gasteiger partial charge in [-0.2, -0.15) is 0 Å². The fourth-order valence-corrected chi connectivity index (χ4v) is 3.98. The molecule has 3 rings (SSSR count). The Morgan fingerprint density at radius 2 is 1.72 bits per heavy atom. The zero-order valence-electron chi connectivity index (χ0n) is 18.3. The van der Waals surface area contributed by atoms with Gasteiger partial charge in [-0.15, -0.1) is 0 Å². The zero-order valence-corrected chi connectivity index (χ0v) is 19.1. The second-order valence-corrected chi connectivity index (χ2v) is 9.05. The van der Waals surface area contributed by atoms with Crippen LogP contribution in [-0.2, 0) is 17.1 Å². The summed E-state index contributed by atoms with van der Waals surface area (Å²) in [5, 5.41) is 7.05. The van der Waals surface area contributed by atoms with Gasteiger partial charge in [-0.1, -0.05) is 6.58 Å². The van der Waals surface area contributed by atoms with E-state index in [2.05, 4.69) is 21.9 Å². The van der Waals surface area contributed by atoms with Crippen LogP contribution in [0.5, 0.6) is 0 Å². The minimum absolute atomic E-state index is 0.195. The van der Waals surface area contributed by atoms with E-state index in [9.17, 15) is 17.6 Å². The Bertz CT molecular complexity index is 1340. The summed E-state index contributed by atoms with van der Waals surface area (Å²) in [5.41, 5.74) is 4.69. The lowest BCUT2D eigenvalue weighted by molar-refractivity contribution is 0.609. The molecule has 3 N–H and O–H groups in total. The summed E-state index contributed by atoms with van der Waals surface area (Å²) >= 11 is 0. The molecule has 0 fully saturated rings. The largest absolute Gasteiger partial charge is 0.384 e. The van der Waals surface area contributed by atoms with Crippen LogP contribution in [0.2, 0.25) is 0 Å². The second kappa shape index (κ2) is 8.88. The molecule has 0 aliphatic rings. The molecule has 0 saturated carbocycles. The number of aromatic nitrogens is 1. The van der Waals surface area contributed by atoms with Crippen LogP contribution in [-0.4, -0.2) is 20.0 Å². The maximum atomic E-state index is 13.8. The van der Waals surface area contributed by atoms with Crippen molar-refractivity contribution >= 4 is 32.8 Å². The van der Waals surface area contributed by atoms with E-state index >= 15 is 0 Å². The molecular formula is C23H25FN4O3S. The third-order valence-electron chi connectivity index (χ3n) is 5.02. The van der Waals surface area contributed by atoms with Crippen molar-refractivity contribution in [1.29, 1.82) is 0 Å². The van der Waals surface area contributed by atoms with E-state index in [1.165, 1.54) is 16.7 Å². The molecule has 0 radical (unpaired) electrons. The monoisotopic (exact) mass is 456 g/mol. The third-order valence-corrected chi connectivity index (χ3v) is 5.98. The molecule has 0 unspecified atom stereocenters. The fourth-order valence-electron chi connectivity index (χ4n) is 3.44. The summed E-state index contributed by atoms with van der Waals surface area (Å²) in [5.74, 6) is -0.323. The summed E-state index contributed by atoms with van der Waals surface area (Å²) in [7, 11) is -0.415. The number of hydrogen-bond acceptors (Lipinski definition) is 5. The van der Waals surface area contributed by atoms with Crippen LogP contribution in [0.4, 0.5) is 27.1 Å². The van der Waals surface area contributed by atoms with Crippen molar-refractivity contribution < 1.29 is 12.8 Å². The number of pyridine rings is 1. The van der Waals surface area contributed by atoms with E-state index in [4.69, 9.17) is 0 Å². The molecule has 7 nitrogen and oxygen atoms in total. The van der Waals surface area contributed by atoms with Gasteiger partial charge in [-0.25, -0.2) is 12.8 Å². The Morgan fingerprint density at radius 3 is 2.31 bits per heavy atom. The van der Waals surface area contributed by atoms with Gasteiger partial charge in [0.25, 0.3) is 15.6 Å². The van der Waals surface area contributed by atoms with Crippen LogP contribution in [0, 0.1) is 19.7 Å². The molecule has 32 heavy (non-hydrogen) atoms. The van der Waals surface area contributed by atoms with Crippen molar-refractivity contribution in [3.63, 3.8) is 0 Å². The molecule has 0 amide bonds. The molecule has 0 spiro atoms. The lowest BCUT2D eigenvalue weighted by atomic mass is 10.0. The Morgan fingerprint density at radius 1 is 1.06 bits per heavy atom. The number of nitrogens with one attached hydrogen (secondary N) is 3. The van der Waals surface area contributed by atoms with Crippen LogP contribution in [0.15, 0.2) is 59.4 Å². The number of hydrogen-bond donors (Lipinski definition) is 3. The zero-order chi connectivity index (χ0) is 23.6. The Hall–Kier alpha value is -3.59. The van der Waals surface area contributed by atoms with Crippen LogP contribution >= 0.6 is 0 Å². The van der Waals surface area contributed by atoms with Gasteiger partial charge < -0.3 is 15.2 Å². The van der Waals surface area contributed by atoms with E-state index < -0.39 is 10.0 Å². The van der Waals surface area contributed by atoms with Crippen molar-refractivity contribution in [2.75, 3.05) is 22.4 Å².